The number of aryl methyl sites for hydroxylation is 2. The number of fused-ring (bicyclic) bond motifs is 2. The number of nitrogens with zero attached hydrogens (tertiary/aromatic N) is 1. The number of amides is 2. The monoisotopic (exact) mass is 496 g/mol. The number of benzene rings is 1. The average Bonchev–Trinajstić information content (AvgIpc) is 3.43. The molecule has 0 spiro atoms. The van der Waals surface area contributed by atoms with Gasteiger partial charge in [0.1, 0.15) is 13.2 Å². The minimum Gasteiger partial charge on any atom is -0.408 e. The van der Waals surface area contributed by atoms with Crippen molar-refractivity contribution in [2.45, 2.75) is 69.3 Å². The summed E-state index contributed by atoms with van der Waals surface area (Å²) in [5.41, 5.74) is 2.46. The maximum Gasteiger partial charge on any atom is 0.697 e. The fraction of sp³-hybridized carbons (Fsp3) is 0.636. The van der Waals surface area contributed by atoms with Crippen LogP contribution in [0.1, 0.15) is 44.1 Å². The Labute approximate surface area is 197 Å². The Hall–Kier alpha value is -1.87. The second-order valence-electron chi connectivity index (χ2n) is 8.56. The number of unbranched alkanes of at least 4 members (excludes halogenated alkanes) is 3. The molecule has 0 saturated carbocycles. The van der Waals surface area contributed by atoms with Gasteiger partial charge >= 0.3 is 20.0 Å². The molecule has 2 aliphatic rings. The zero-order chi connectivity index (χ0) is 23.2. The van der Waals surface area contributed by atoms with E-state index in [2.05, 4.69) is 10.6 Å². The Kier molecular flexibility index (Phi) is 8.46. The molecule has 2 amide bonds. The molecule has 0 radical (unpaired) electrons. The van der Waals surface area contributed by atoms with Crippen LogP contribution in [0.25, 0.3) is 11.1 Å². The summed E-state index contributed by atoms with van der Waals surface area (Å²) in [6, 6.07) is 6.12. The highest BCUT2D eigenvalue weighted by molar-refractivity contribution is 8.00. The van der Waals surface area contributed by atoms with E-state index in [1.807, 2.05) is 36.9 Å². The van der Waals surface area contributed by atoms with Gasteiger partial charge in [0.25, 0.3) is 0 Å². The molecule has 2 aliphatic heterocycles. The molecule has 9 nitrogen and oxygen atoms in total. The molecule has 4 rings (SSSR count). The van der Waals surface area contributed by atoms with Gasteiger partial charge in [-0.25, -0.2) is 9.59 Å². The lowest BCUT2D eigenvalue weighted by molar-refractivity contribution is 0.217. The maximum absolute atomic E-state index is 12.0. The summed E-state index contributed by atoms with van der Waals surface area (Å²) in [4.78, 5) is 23.4. The zero-order valence-corrected chi connectivity index (χ0v) is 20.5. The lowest BCUT2D eigenvalue weighted by atomic mass is 10.0. The molecule has 1 aromatic heterocycles. The van der Waals surface area contributed by atoms with E-state index in [-0.39, 0.29) is 23.9 Å². The van der Waals surface area contributed by atoms with Gasteiger partial charge in [-0.15, -0.1) is 9.05 Å². The van der Waals surface area contributed by atoms with Gasteiger partial charge in [-0.1, -0.05) is 18.9 Å². The first-order valence-electron chi connectivity index (χ1n) is 11.5. The summed E-state index contributed by atoms with van der Waals surface area (Å²) in [5.74, 6) is 0.617. The molecule has 2 aromatic rings. The van der Waals surface area contributed by atoms with Gasteiger partial charge < -0.3 is 15.1 Å². The van der Waals surface area contributed by atoms with Crippen molar-refractivity contribution >= 4 is 37.1 Å². The highest BCUT2D eigenvalue weighted by Gasteiger charge is 2.42. The molecule has 2 saturated heterocycles. The van der Waals surface area contributed by atoms with E-state index in [4.69, 9.17) is 13.5 Å². The van der Waals surface area contributed by atoms with Gasteiger partial charge in [0.15, 0.2) is 5.58 Å². The number of urea groups is 1. The number of oxazole rings is 1. The predicted molar refractivity (Wildman–Crippen MR) is 128 cm³/mol. The maximum atomic E-state index is 12.0. The Morgan fingerprint density at radius 3 is 2.73 bits per heavy atom. The van der Waals surface area contributed by atoms with Gasteiger partial charge in [0, 0.05) is 22.1 Å². The number of rotatable bonds is 13. The van der Waals surface area contributed by atoms with E-state index in [1.54, 1.807) is 4.57 Å². The van der Waals surface area contributed by atoms with E-state index in [0.29, 0.717) is 43.4 Å². The topological polar surface area (TPSA) is 112 Å². The van der Waals surface area contributed by atoms with Crippen molar-refractivity contribution in [2.24, 2.45) is 0 Å². The van der Waals surface area contributed by atoms with E-state index >= 15 is 0 Å². The number of carbonyl (C=O) groups is 1. The van der Waals surface area contributed by atoms with Crippen LogP contribution in [-0.2, 0) is 20.2 Å². The smallest absolute Gasteiger partial charge is 0.408 e. The van der Waals surface area contributed by atoms with Crippen molar-refractivity contribution in [3.63, 3.8) is 0 Å². The molecule has 1 aromatic carbocycles. The van der Waals surface area contributed by atoms with Crippen LogP contribution in [0.15, 0.2) is 27.4 Å². The molecule has 2 N–H and O–H groups in total. The third kappa shape index (κ3) is 6.38. The van der Waals surface area contributed by atoms with Crippen LogP contribution in [0.2, 0.25) is 0 Å². The average molecular weight is 497 g/mol. The lowest BCUT2D eigenvalue weighted by Gasteiger charge is -2.16. The van der Waals surface area contributed by atoms with Crippen LogP contribution in [0.3, 0.4) is 0 Å². The molecule has 2 fully saturated rings. The fourth-order valence-electron chi connectivity index (χ4n) is 4.34. The van der Waals surface area contributed by atoms with Crippen LogP contribution in [0, 0.1) is 6.92 Å². The van der Waals surface area contributed by atoms with Crippen LogP contribution >= 0.6 is 20.0 Å². The third-order valence-electron chi connectivity index (χ3n) is 6.06. The van der Waals surface area contributed by atoms with Crippen LogP contribution in [0.4, 0.5) is 4.79 Å². The van der Waals surface area contributed by atoms with E-state index in [0.717, 1.165) is 42.5 Å². The molecule has 3 heterocycles. The van der Waals surface area contributed by atoms with Crippen molar-refractivity contribution in [3.8, 4) is 0 Å². The van der Waals surface area contributed by atoms with Crippen LogP contribution < -0.4 is 16.4 Å². The van der Waals surface area contributed by atoms with Gasteiger partial charge in [0.05, 0.1) is 17.6 Å². The molecule has 4 atom stereocenters. The molecule has 0 bridgehead atoms. The summed E-state index contributed by atoms with van der Waals surface area (Å²) in [6.45, 7) is 3.23. The SMILES string of the molecule is Cc1ccc2oc(=O)n(CCCCO[P+](=O)OCCCCC[C@@H]3SC[C@@H]4NC(=O)N[C@@H]43)c2c1. The highest BCUT2D eigenvalue weighted by atomic mass is 32.2. The Morgan fingerprint density at radius 2 is 1.91 bits per heavy atom. The number of hydrogen-bond donors (Lipinski definition) is 2. The van der Waals surface area contributed by atoms with Gasteiger partial charge in [-0.05, 0) is 50.3 Å². The molecule has 180 valence electrons. The van der Waals surface area contributed by atoms with Crippen LogP contribution in [-0.4, -0.2) is 46.9 Å². The van der Waals surface area contributed by atoms with Crippen molar-refractivity contribution in [1.29, 1.82) is 0 Å². The number of thioether (sulfide) groups is 1. The Balaban J connectivity index is 1.03. The van der Waals surface area contributed by atoms with E-state index in [9.17, 15) is 14.2 Å². The molecule has 11 heteroatoms. The number of aromatic nitrogens is 1. The first-order chi connectivity index (χ1) is 16.0. The molecule has 33 heavy (non-hydrogen) atoms. The van der Waals surface area contributed by atoms with Gasteiger partial charge in [-0.2, -0.15) is 11.8 Å². The minimum absolute atomic E-state index is 0.0496. The van der Waals surface area contributed by atoms with Crippen molar-refractivity contribution in [1.82, 2.24) is 15.2 Å². The number of hydrogen-bond acceptors (Lipinski definition) is 7. The fourth-order valence-corrected chi connectivity index (χ4v) is 6.51. The molecule has 1 unspecified atom stereocenters. The second kappa shape index (κ2) is 11.5. The molecule has 0 aliphatic carbocycles. The molecular formula is C22H31N3O6PS+. The van der Waals surface area contributed by atoms with Crippen molar-refractivity contribution in [3.05, 3.63) is 34.3 Å². The van der Waals surface area contributed by atoms with E-state index in [1.165, 1.54) is 0 Å². The Bertz CT molecular complexity index is 1040. The third-order valence-corrected chi connectivity index (χ3v) is 8.36. The van der Waals surface area contributed by atoms with Gasteiger partial charge in [0.2, 0.25) is 0 Å². The summed E-state index contributed by atoms with van der Waals surface area (Å²) >= 11 is 1.92. The summed E-state index contributed by atoms with van der Waals surface area (Å²) in [5, 5.41) is 6.43. The Morgan fingerprint density at radius 1 is 1.12 bits per heavy atom. The minimum atomic E-state index is -2.12. The van der Waals surface area contributed by atoms with Crippen molar-refractivity contribution in [2.75, 3.05) is 19.0 Å². The van der Waals surface area contributed by atoms with Gasteiger partial charge in [-0.3, -0.25) is 4.57 Å². The quantitative estimate of drug-likeness (QED) is 0.244. The van der Waals surface area contributed by atoms with Crippen molar-refractivity contribution < 1.29 is 22.8 Å². The summed E-state index contributed by atoms with van der Waals surface area (Å²) < 4.78 is 29.3. The number of carbonyl (C=O) groups excluding carboxylic acids is 1. The second-order valence-corrected chi connectivity index (χ2v) is 10.8. The molecular weight excluding hydrogens is 465 g/mol. The summed E-state index contributed by atoms with van der Waals surface area (Å²) in [7, 11) is -2.12. The van der Waals surface area contributed by atoms with Crippen LogP contribution in [0.5, 0.6) is 0 Å². The zero-order valence-electron chi connectivity index (χ0n) is 18.8. The summed E-state index contributed by atoms with van der Waals surface area (Å²) in [6.07, 6.45) is 5.32. The first-order valence-corrected chi connectivity index (χ1v) is 13.7. The highest BCUT2D eigenvalue weighted by Crippen LogP contribution is 2.33. The normalized spacial score (nSPS) is 22.4. The first kappa shape index (κ1) is 24.3. The van der Waals surface area contributed by atoms with E-state index < -0.39 is 8.25 Å². The predicted octanol–water partition coefficient (Wildman–Crippen LogP) is 4.10. The lowest BCUT2D eigenvalue weighted by Crippen LogP contribution is -2.36. The standard InChI is InChI=1S/C22H30N3O6PS/c1-15-8-9-18-17(13-15)25(22(27)31-18)10-4-6-12-30-32(28)29-11-5-2-3-7-19-20-16(14-33-19)23-21(26)24-20/h8-9,13,16,19-20H,2-7,10-12,14H2,1H3,(H-,23,24,26)/p+1/t16-,19-,20-/m0/s1. The largest absolute Gasteiger partial charge is 0.697 e. The number of nitrogens with one attached hydrogen (secondary N) is 2.